The quantitative estimate of drug-likeness (QED) is 0.718. The van der Waals surface area contributed by atoms with Gasteiger partial charge in [-0.05, 0) is 60.9 Å². The van der Waals surface area contributed by atoms with Crippen LogP contribution in [-0.4, -0.2) is 24.3 Å². The standard InChI is InChI=1S/C18H24N2O3S/c1-4-23-16-7-5-6-14(10-16)13(2)20-17(21)19-12-18(3,22)15-8-9-24-11-15/h5-11,13,22H,4,12H2,1-3H3,(H2,19,20,21). The van der Waals surface area contributed by atoms with Gasteiger partial charge in [-0.25, -0.2) is 4.79 Å². The largest absolute Gasteiger partial charge is 0.494 e. The number of carbonyl (C=O) groups excluding carboxylic acids is 1. The summed E-state index contributed by atoms with van der Waals surface area (Å²) in [5.74, 6) is 0.782. The molecule has 0 aliphatic rings. The van der Waals surface area contributed by atoms with Crippen LogP contribution in [0.15, 0.2) is 41.1 Å². The SMILES string of the molecule is CCOc1cccc(C(C)NC(=O)NCC(C)(O)c2ccsc2)c1. The maximum absolute atomic E-state index is 12.1. The molecule has 0 fully saturated rings. The molecule has 0 aliphatic heterocycles. The van der Waals surface area contributed by atoms with Crippen LogP contribution in [0.25, 0.3) is 0 Å². The van der Waals surface area contributed by atoms with Gasteiger partial charge in [-0.2, -0.15) is 11.3 Å². The smallest absolute Gasteiger partial charge is 0.315 e. The summed E-state index contributed by atoms with van der Waals surface area (Å²) >= 11 is 1.51. The van der Waals surface area contributed by atoms with Gasteiger partial charge in [0.15, 0.2) is 0 Å². The number of hydrogen-bond donors (Lipinski definition) is 3. The van der Waals surface area contributed by atoms with Crippen molar-refractivity contribution in [1.29, 1.82) is 0 Å². The number of hydrogen-bond acceptors (Lipinski definition) is 4. The molecule has 6 heteroatoms. The molecule has 130 valence electrons. The summed E-state index contributed by atoms with van der Waals surface area (Å²) in [7, 11) is 0. The number of nitrogens with one attached hydrogen (secondary N) is 2. The normalized spacial score (nSPS) is 14.5. The summed E-state index contributed by atoms with van der Waals surface area (Å²) in [5, 5.41) is 19.8. The Morgan fingerprint density at radius 2 is 2.21 bits per heavy atom. The fraction of sp³-hybridized carbons (Fsp3) is 0.389. The zero-order valence-corrected chi connectivity index (χ0v) is 15.0. The number of aliphatic hydroxyl groups is 1. The van der Waals surface area contributed by atoms with Crippen molar-refractivity contribution >= 4 is 17.4 Å². The van der Waals surface area contributed by atoms with E-state index in [9.17, 15) is 9.90 Å². The number of urea groups is 1. The maximum atomic E-state index is 12.1. The minimum absolute atomic E-state index is 0.140. The van der Waals surface area contributed by atoms with Gasteiger partial charge in [-0.3, -0.25) is 0 Å². The van der Waals surface area contributed by atoms with Gasteiger partial charge in [0.1, 0.15) is 11.4 Å². The average molecular weight is 348 g/mol. The Kier molecular flexibility index (Phi) is 6.23. The van der Waals surface area contributed by atoms with E-state index in [4.69, 9.17) is 4.74 Å². The fourth-order valence-electron chi connectivity index (χ4n) is 2.30. The van der Waals surface area contributed by atoms with Crippen LogP contribution in [0.4, 0.5) is 4.79 Å². The van der Waals surface area contributed by atoms with Crippen LogP contribution in [0.2, 0.25) is 0 Å². The number of rotatable bonds is 7. The van der Waals surface area contributed by atoms with Crippen molar-refractivity contribution in [3.63, 3.8) is 0 Å². The molecule has 0 saturated carbocycles. The van der Waals surface area contributed by atoms with Crippen molar-refractivity contribution in [2.75, 3.05) is 13.2 Å². The zero-order valence-electron chi connectivity index (χ0n) is 14.2. The van der Waals surface area contributed by atoms with Gasteiger partial charge in [0, 0.05) is 0 Å². The van der Waals surface area contributed by atoms with Crippen LogP contribution in [0.5, 0.6) is 5.75 Å². The highest BCUT2D eigenvalue weighted by Gasteiger charge is 2.24. The highest BCUT2D eigenvalue weighted by Crippen LogP contribution is 2.22. The van der Waals surface area contributed by atoms with E-state index in [2.05, 4.69) is 10.6 Å². The topological polar surface area (TPSA) is 70.6 Å². The summed E-state index contributed by atoms with van der Waals surface area (Å²) in [6, 6.07) is 9.00. The molecule has 0 spiro atoms. The molecule has 1 heterocycles. The van der Waals surface area contributed by atoms with Crippen molar-refractivity contribution < 1.29 is 14.6 Å². The zero-order chi connectivity index (χ0) is 17.6. The van der Waals surface area contributed by atoms with Gasteiger partial charge in [0.2, 0.25) is 0 Å². The molecule has 2 unspecified atom stereocenters. The van der Waals surface area contributed by atoms with Crippen LogP contribution in [0.3, 0.4) is 0 Å². The molecule has 2 aromatic rings. The van der Waals surface area contributed by atoms with Crippen LogP contribution >= 0.6 is 11.3 Å². The number of benzene rings is 1. The molecule has 2 atom stereocenters. The molecular formula is C18H24N2O3S. The van der Waals surface area contributed by atoms with E-state index in [-0.39, 0.29) is 18.6 Å². The minimum atomic E-state index is -1.09. The van der Waals surface area contributed by atoms with Crippen molar-refractivity contribution in [3.8, 4) is 5.75 Å². The number of carbonyl (C=O) groups is 1. The molecule has 2 rings (SSSR count). The lowest BCUT2D eigenvalue weighted by molar-refractivity contribution is 0.0597. The van der Waals surface area contributed by atoms with E-state index in [0.29, 0.717) is 6.61 Å². The number of amides is 2. The molecule has 5 nitrogen and oxygen atoms in total. The summed E-state index contributed by atoms with van der Waals surface area (Å²) < 4.78 is 5.47. The molecule has 1 aromatic carbocycles. The first-order chi connectivity index (χ1) is 11.4. The van der Waals surface area contributed by atoms with Crippen molar-refractivity contribution in [2.24, 2.45) is 0 Å². The summed E-state index contributed by atoms with van der Waals surface area (Å²) in [6.45, 7) is 6.26. The monoisotopic (exact) mass is 348 g/mol. The lowest BCUT2D eigenvalue weighted by Crippen LogP contribution is -2.44. The fourth-order valence-corrected chi connectivity index (χ4v) is 3.08. The Labute approximate surface area is 146 Å². The van der Waals surface area contributed by atoms with E-state index < -0.39 is 5.60 Å². The van der Waals surface area contributed by atoms with Gasteiger partial charge in [0.05, 0.1) is 19.2 Å². The van der Waals surface area contributed by atoms with Gasteiger partial charge in [0.25, 0.3) is 0 Å². The van der Waals surface area contributed by atoms with Gasteiger partial charge < -0.3 is 20.5 Å². The van der Waals surface area contributed by atoms with E-state index in [1.807, 2.05) is 54.9 Å². The molecule has 3 N–H and O–H groups in total. The highest BCUT2D eigenvalue weighted by atomic mass is 32.1. The first-order valence-electron chi connectivity index (χ1n) is 7.94. The molecule has 1 aromatic heterocycles. The minimum Gasteiger partial charge on any atom is -0.494 e. The summed E-state index contributed by atoms with van der Waals surface area (Å²) in [5.41, 5.74) is 0.668. The first kappa shape index (κ1) is 18.3. The number of ether oxygens (including phenoxy) is 1. The third kappa shape index (κ3) is 4.97. The van der Waals surface area contributed by atoms with Gasteiger partial charge >= 0.3 is 6.03 Å². The van der Waals surface area contributed by atoms with Crippen molar-refractivity contribution in [2.45, 2.75) is 32.4 Å². The van der Waals surface area contributed by atoms with Gasteiger partial charge in [-0.1, -0.05) is 12.1 Å². The Balaban J connectivity index is 1.89. The van der Waals surface area contributed by atoms with Crippen LogP contribution in [0, 0.1) is 0 Å². The molecule has 0 bridgehead atoms. The lowest BCUT2D eigenvalue weighted by atomic mass is 9.99. The van der Waals surface area contributed by atoms with E-state index >= 15 is 0 Å². The predicted octanol–water partition coefficient (Wildman–Crippen LogP) is 3.41. The molecule has 2 amide bonds. The van der Waals surface area contributed by atoms with Gasteiger partial charge in [-0.15, -0.1) is 0 Å². The van der Waals surface area contributed by atoms with E-state index in [0.717, 1.165) is 16.9 Å². The molecule has 0 saturated heterocycles. The third-order valence-corrected chi connectivity index (χ3v) is 4.44. The lowest BCUT2D eigenvalue weighted by Gasteiger charge is -2.24. The second-order valence-corrected chi connectivity index (χ2v) is 6.62. The first-order valence-corrected chi connectivity index (χ1v) is 8.89. The Morgan fingerprint density at radius 1 is 1.42 bits per heavy atom. The van der Waals surface area contributed by atoms with Crippen LogP contribution in [-0.2, 0) is 5.60 Å². The summed E-state index contributed by atoms with van der Waals surface area (Å²) in [4.78, 5) is 12.1. The third-order valence-electron chi connectivity index (χ3n) is 3.75. The van der Waals surface area contributed by atoms with Crippen molar-refractivity contribution in [1.82, 2.24) is 10.6 Å². The molecule has 0 aliphatic carbocycles. The Bertz CT molecular complexity index is 656. The maximum Gasteiger partial charge on any atom is 0.315 e. The highest BCUT2D eigenvalue weighted by molar-refractivity contribution is 7.08. The Morgan fingerprint density at radius 3 is 2.88 bits per heavy atom. The van der Waals surface area contributed by atoms with Crippen LogP contribution in [0.1, 0.15) is 37.9 Å². The summed E-state index contributed by atoms with van der Waals surface area (Å²) in [6.07, 6.45) is 0. The Hall–Kier alpha value is -2.05. The van der Waals surface area contributed by atoms with Crippen LogP contribution < -0.4 is 15.4 Å². The van der Waals surface area contributed by atoms with E-state index in [1.54, 1.807) is 6.92 Å². The second-order valence-electron chi connectivity index (χ2n) is 5.84. The number of thiophene rings is 1. The van der Waals surface area contributed by atoms with E-state index in [1.165, 1.54) is 11.3 Å². The molecular weight excluding hydrogens is 324 g/mol. The molecule has 24 heavy (non-hydrogen) atoms. The van der Waals surface area contributed by atoms with Crippen molar-refractivity contribution in [3.05, 3.63) is 52.2 Å². The predicted molar refractivity (Wildman–Crippen MR) is 96.5 cm³/mol. The molecule has 0 radical (unpaired) electrons. The second kappa shape index (κ2) is 8.17. The average Bonchev–Trinajstić information content (AvgIpc) is 3.09.